The molecule has 0 spiro atoms. The lowest BCUT2D eigenvalue weighted by molar-refractivity contribution is -0.384. The Morgan fingerprint density at radius 2 is 2.08 bits per heavy atom. The third-order valence-electron chi connectivity index (χ3n) is 3.24. The van der Waals surface area contributed by atoms with Gasteiger partial charge in [-0.05, 0) is 17.7 Å². The summed E-state index contributed by atoms with van der Waals surface area (Å²) in [6, 6.07) is 13.0. The standard InChI is InChI=1S/C17H12N4O3S/c22-16(20-17-18-8-9-25-17)14-6-1-2-7-15(14)19-11-12-4-3-5-13(10-12)21(23)24/h1-11H,(H,18,20,22). The van der Waals surface area contributed by atoms with Gasteiger partial charge < -0.3 is 0 Å². The second kappa shape index (κ2) is 7.45. The molecule has 0 fully saturated rings. The molecule has 3 aromatic rings. The summed E-state index contributed by atoms with van der Waals surface area (Å²) < 4.78 is 0. The largest absolute Gasteiger partial charge is 0.298 e. The normalized spacial score (nSPS) is 10.7. The Bertz CT molecular complexity index is 939. The Morgan fingerprint density at radius 1 is 1.24 bits per heavy atom. The third-order valence-corrected chi connectivity index (χ3v) is 3.92. The van der Waals surface area contributed by atoms with Gasteiger partial charge in [-0.15, -0.1) is 11.3 Å². The fraction of sp³-hybridized carbons (Fsp3) is 0. The second-order valence-electron chi connectivity index (χ2n) is 4.92. The topological polar surface area (TPSA) is 97.5 Å². The number of aliphatic imine (C=N–C) groups is 1. The molecule has 0 atom stereocenters. The van der Waals surface area contributed by atoms with E-state index in [4.69, 9.17) is 0 Å². The number of nitrogens with zero attached hydrogens (tertiary/aromatic N) is 3. The lowest BCUT2D eigenvalue weighted by atomic mass is 10.1. The number of hydrogen-bond donors (Lipinski definition) is 1. The molecule has 0 unspecified atom stereocenters. The number of non-ortho nitro benzene ring substituents is 1. The van der Waals surface area contributed by atoms with Crippen molar-refractivity contribution in [2.45, 2.75) is 0 Å². The van der Waals surface area contributed by atoms with Gasteiger partial charge in [-0.2, -0.15) is 0 Å². The number of anilines is 1. The van der Waals surface area contributed by atoms with Crippen LogP contribution < -0.4 is 5.32 Å². The molecule has 7 nitrogen and oxygen atoms in total. The van der Waals surface area contributed by atoms with E-state index in [1.807, 2.05) is 0 Å². The van der Waals surface area contributed by atoms with E-state index in [1.54, 1.807) is 48.0 Å². The van der Waals surface area contributed by atoms with Crippen LogP contribution in [0.5, 0.6) is 0 Å². The molecule has 2 aromatic carbocycles. The van der Waals surface area contributed by atoms with E-state index in [2.05, 4.69) is 15.3 Å². The van der Waals surface area contributed by atoms with Crippen molar-refractivity contribution in [1.82, 2.24) is 4.98 Å². The molecule has 0 aliphatic carbocycles. The Kier molecular flexibility index (Phi) is 4.91. The second-order valence-corrected chi connectivity index (χ2v) is 5.81. The predicted octanol–water partition coefficient (Wildman–Crippen LogP) is 4.05. The maximum Gasteiger partial charge on any atom is 0.270 e. The SMILES string of the molecule is O=C(Nc1nccs1)c1ccccc1N=Cc1cccc([N+](=O)[O-])c1. The molecule has 1 amide bonds. The van der Waals surface area contributed by atoms with Crippen LogP contribution in [0.1, 0.15) is 15.9 Å². The maximum absolute atomic E-state index is 12.4. The minimum absolute atomic E-state index is 0.0150. The van der Waals surface area contributed by atoms with Crippen LogP contribution in [-0.2, 0) is 0 Å². The number of benzene rings is 2. The summed E-state index contributed by atoms with van der Waals surface area (Å²) in [5.41, 5.74) is 1.41. The molecule has 1 N–H and O–H groups in total. The minimum Gasteiger partial charge on any atom is -0.298 e. The van der Waals surface area contributed by atoms with Crippen LogP contribution in [0.4, 0.5) is 16.5 Å². The Balaban J connectivity index is 1.84. The van der Waals surface area contributed by atoms with Gasteiger partial charge in [0.1, 0.15) is 0 Å². The Labute approximate surface area is 146 Å². The van der Waals surface area contributed by atoms with Gasteiger partial charge >= 0.3 is 0 Å². The van der Waals surface area contributed by atoms with Gasteiger partial charge in [0, 0.05) is 29.9 Å². The van der Waals surface area contributed by atoms with Crippen LogP contribution in [0.3, 0.4) is 0 Å². The molecule has 1 aromatic heterocycles. The molecule has 25 heavy (non-hydrogen) atoms. The summed E-state index contributed by atoms with van der Waals surface area (Å²) in [7, 11) is 0. The summed E-state index contributed by atoms with van der Waals surface area (Å²) in [5, 5.41) is 15.8. The van der Waals surface area contributed by atoms with Crippen molar-refractivity contribution < 1.29 is 9.72 Å². The lowest BCUT2D eigenvalue weighted by Crippen LogP contribution is -2.11. The summed E-state index contributed by atoms with van der Waals surface area (Å²) in [5.74, 6) is -0.318. The van der Waals surface area contributed by atoms with Crippen molar-refractivity contribution in [2.75, 3.05) is 5.32 Å². The highest BCUT2D eigenvalue weighted by molar-refractivity contribution is 7.13. The molecule has 0 aliphatic heterocycles. The monoisotopic (exact) mass is 352 g/mol. The third kappa shape index (κ3) is 4.12. The number of carbonyl (C=O) groups is 1. The molecular formula is C17H12N4O3S. The van der Waals surface area contributed by atoms with Gasteiger partial charge in [0.2, 0.25) is 0 Å². The van der Waals surface area contributed by atoms with E-state index in [0.717, 1.165) is 0 Å². The zero-order valence-corrected chi connectivity index (χ0v) is 13.6. The quantitative estimate of drug-likeness (QED) is 0.425. The fourth-order valence-corrected chi connectivity index (χ4v) is 2.61. The molecule has 1 heterocycles. The van der Waals surface area contributed by atoms with Crippen molar-refractivity contribution >= 4 is 40.0 Å². The van der Waals surface area contributed by atoms with Gasteiger partial charge in [-0.1, -0.05) is 24.3 Å². The summed E-state index contributed by atoms with van der Waals surface area (Å²) in [6.45, 7) is 0. The number of nitro groups is 1. The number of thiazole rings is 1. The average Bonchev–Trinajstić information content (AvgIpc) is 3.13. The zero-order valence-electron chi connectivity index (χ0n) is 12.8. The van der Waals surface area contributed by atoms with Crippen LogP contribution >= 0.6 is 11.3 Å². The molecule has 0 bridgehead atoms. The number of nitro benzene ring substituents is 1. The van der Waals surface area contributed by atoms with Crippen LogP contribution in [0, 0.1) is 10.1 Å². The van der Waals surface area contributed by atoms with Gasteiger partial charge in [-0.3, -0.25) is 25.2 Å². The van der Waals surface area contributed by atoms with Crippen LogP contribution in [0.2, 0.25) is 0 Å². The molecule has 3 rings (SSSR count). The average molecular weight is 352 g/mol. The number of hydrogen-bond acceptors (Lipinski definition) is 6. The summed E-state index contributed by atoms with van der Waals surface area (Å²) in [6.07, 6.45) is 3.09. The molecule has 8 heteroatoms. The van der Waals surface area contributed by atoms with Crippen molar-refractivity contribution in [3.05, 3.63) is 81.3 Å². The fourth-order valence-electron chi connectivity index (χ4n) is 2.09. The van der Waals surface area contributed by atoms with Gasteiger partial charge in [0.05, 0.1) is 16.2 Å². The highest BCUT2D eigenvalue weighted by Crippen LogP contribution is 2.21. The van der Waals surface area contributed by atoms with Crippen molar-refractivity contribution in [3.8, 4) is 0 Å². The number of amides is 1. The van der Waals surface area contributed by atoms with Gasteiger partial charge in [0.25, 0.3) is 11.6 Å². The van der Waals surface area contributed by atoms with E-state index >= 15 is 0 Å². The van der Waals surface area contributed by atoms with Crippen molar-refractivity contribution in [3.63, 3.8) is 0 Å². The minimum atomic E-state index is -0.466. The lowest BCUT2D eigenvalue weighted by Gasteiger charge is -2.05. The van der Waals surface area contributed by atoms with Gasteiger partial charge in [-0.25, -0.2) is 4.98 Å². The van der Waals surface area contributed by atoms with Crippen LogP contribution in [-0.4, -0.2) is 22.0 Å². The molecule has 0 radical (unpaired) electrons. The van der Waals surface area contributed by atoms with E-state index in [-0.39, 0.29) is 11.6 Å². The van der Waals surface area contributed by atoms with E-state index in [1.165, 1.54) is 29.7 Å². The van der Waals surface area contributed by atoms with Gasteiger partial charge in [0.15, 0.2) is 5.13 Å². The molecule has 124 valence electrons. The van der Waals surface area contributed by atoms with Crippen LogP contribution in [0.15, 0.2) is 65.1 Å². The first-order valence-corrected chi connectivity index (χ1v) is 8.10. The van der Waals surface area contributed by atoms with E-state index < -0.39 is 4.92 Å². The molecule has 0 aliphatic rings. The highest BCUT2D eigenvalue weighted by Gasteiger charge is 2.11. The number of aromatic nitrogens is 1. The zero-order chi connectivity index (χ0) is 17.6. The van der Waals surface area contributed by atoms with Crippen molar-refractivity contribution in [1.29, 1.82) is 0 Å². The van der Waals surface area contributed by atoms with E-state index in [9.17, 15) is 14.9 Å². The number of carbonyl (C=O) groups excluding carboxylic acids is 1. The number of para-hydroxylation sites is 1. The smallest absolute Gasteiger partial charge is 0.270 e. The first-order valence-electron chi connectivity index (χ1n) is 7.22. The predicted molar refractivity (Wildman–Crippen MR) is 96.9 cm³/mol. The Hall–Kier alpha value is -3.39. The summed E-state index contributed by atoms with van der Waals surface area (Å²) in [4.78, 5) is 31.1. The molecular weight excluding hydrogens is 340 g/mol. The van der Waals surface area contributed by atoms with Crippen LogP contribution in [0.25, 0.3) is 0 Å². The Morgan fingerprint density at radius 3 is 2.84 bits per heavy atom. The first-order chi connectivity index (χ1) is 12.1. The number of rotatable bonds is 5. The maximum atomic E-state index is 12.4. The molecule has 0 saturated heterocycles. The number of nitrogens with one attached hydrogen (secondary N) is 1. The first kappa shape index (κ1) is 16.5. The van der Waals surface area contributed by atoms with E-state index in [0.29, 0.717) is 21.9 Å². The molecule has 0 saturated carbocycles. The van der Waals surface area contributed by atoms with Crippen molar-refractivity contribution in [2.24, 2.45) is 4.99 Å². The highest BCUT2D eigenvalue weighted by atomic mass is 32.1. The summed E-state index contributed by atoms with van der Waals surface area (Å²) >= 11 is 1.32.